The lowest BCUT2D eigenvalue weighted by Gasteiger charge is -2.24. The van der Waals surface area contributed by atoms with Gasteiger partial charge in [-0.2, -0.15) is 0 Å². The molecule has 2 rings (SSSR count). The normalized spacial score (nSPS) is 26.7. The van der Waals surface area contributed by atoms with Gasteiger partial charge in [-0.3, -0.25) is 4.18 Å². The Bertz CT molecular complexity index is 396. The highest BCUT2D eigenvalue weighted by Gasteiger charge is 2.27. The van der Waals surface area contributed by atoms with Gasteiger partial charge in [0.15, 0.2) is 11.1 Å². The summed E-state index contributed by atoms with van der Waals surface area (Å²) in [4.78, 5) is 0.575. The number of halogens is 2. The van der Waals surface area contributed by atoms with Crippen molar-refractivity contribution in [2.24, 2.45) is 0 Å². The summed E-state index contributed by atoms with van der Waals surface area (Å²) in [5, 5.41) is 0. The predicted octanol–water partition coefficient (Wildman–Crippen LogP) is 3.77. The average molecular weight is 321 g/mol. The van der Waals surface area contributed by atoms with Gasteiger partial charge >= 0.3 is 0 Å². The van der Waals surface area contributed by atoms with Gasteiger partial charge in [-0.25, -0.2) is 8.60 Å². The van der Waals surface area contributed by atoms with Gasteiger partial charge in [0.1, 0.15) is 12.3 Å². The van der Waals surface area contributed by atoms with Crippen molar-refractivity contribution in [2.45, 2.75) is 42.9 Å². The first-order chi connectivity index (χ1) is 8.16. The molecule has 0 N–H and O–H groups in total. The molecule has 0 radical (unpaired) electrons. The van der Waals surface area contributed by atoms with Gasteiger partial charge in [0.25, 0.3) is 0 Å². The maximum Gasteiger partial charge on any atom is 0.189 e. The van der Waals surface area contributed by atoms with Gasteiger partial charge in [-0.05, 0) is 37.1 Å². The third-order valence-electron chi connectivity index (χ3n) is 2.84. The van der Waals surface area contributed by atoms with E-state index in [0.29, 0.717) is 17.7 Å². The average Bonchev–Trinajstić information content (AvgIpc) is 2.33. The zero-order valence-electron chi connectivity index (χ0n) is 9.27. The van der Waals surface area contributed by atoms with E-state index in [1.807, 2.05) is 0 Å². The summed E-state index contributed by atoms with van der Waals surface area (Å²) in [6.45, 7) is 0. The van der Waals surface area contributed by atoms with E-state index in [4.69, 9.17) is 4.18 Å². The third kappa shape index (κ3) is 3.60. The summed E-state index contributed by atoms with van der Waals surface area (Å²) < 4.78 is 31.6. The molecular weight excluding hydrogens is 307 g/mol. The smallest absolute Gasteiger partial charge is 0.189 e. The molecule has 1 fully saturated rings. The lowest BCUT2D eigenvalue weighted by atomic mass is 9.96. The first-order valence-electron chi connectivity index (χ1n) is 5.65. The lowest BCUT2D eigenvalue weighted by molar-refractivity contribution is 0.0749. The van der Waals surface area contributed by atoms with Crippen molar-refractivity contribution >= 4 is 27.0 Å². The van der Waals surface area contributed by atoms with Crippen molar-refractivity contribution in [1.82, 2.24) is 0 Å². The van der Waals surface area contributed by atoms with Crippen LogP contribution >= 0.6 is 15.9 Å². The van der Waals surface area contributed by atoms with Gasteiger partial charge in [-0.1, -0.05) is 28.8 Å². The van der Waals surface area contributed by atoms with E-state index in [1.165, 1.54) is 0 Å². The van der Waals surface area contributed by atoms with Gasteiger partial charge in [-0.15, -0.1) is 0 Å². The summed E-state index contributed by atoms with van der Waals surface area (Å²) >= 11 is 1.73. The zero-order chi connectivity index (χ0) is 12.3. The fourth-order valence-electron chi connectivity index (χ4n) is 1.87. The quantitative estimate of drug-likeness (QED) is 0.847. The molecule has 3 atom stereocenters. The second-order valence-corrected chi connectivity index (χ2v) is 6.17. The molecule has 0 aromatic heterocycles. The van der Waals surface area contributed by atoms with E-state index in [9.17, 15) is 8.60 Å². The molecular formula is C12H14BrFO2S. The molecule has 3 unspecified atom stereocenters. The largest absolute Gasteiger partial charge is 0.280 e. The number of hydrogen-bond acceptors (Lipinski definition) is 2. The summed E-state index contributed by atoms with van der Waals surface area (Å²) in [6, 6.07) is 7.03. The van der Waals surface area contributed by atoms with Crippen LogP contribution in [0.3, 0.4) is 0 Å². The Morgan fingerprint density at radius 1 is 1.24 bits per heavy atom. The van der Waals surface area contributed by atoms with Gasteiger partial charge in [0.05, 0.1) is 4.90 Å². The van der Waals surface area contributed by atoms with Crippen LogP contribution in [0.1, 0.15) is 25.7 Å². The molecule has 0 saturated heterocycles. The van der Waals surface area contributed by atoms with Crippen LogP contribution in [0.25, 0.3) is 0 Å². The maximum atomic E-state index is 13.5. The van der Waals surface area contributed by atoms with Crippen LogP contribution in [-0.4, -0.2) is 16.5 Å². The molecule has 1 aliphatic carbocycles. The van der Waals surface area contributed by atoms with E-state index in [-0.39, 0.29) is 0 Å². The second-order valence-electron chi connectivity index (χ2n) is 4.12. The monoisotopic (exact) mass is 320 g/mol. The van der Waals surface area contributed by atoms with Crippen molar-refractivity contribution in [2.75, 3.05) is 0 Å². The minimum Gasteiger partial charge on any atom is -0.280 e. The minimum atomic E-state index is -1.57. The summed E-state index contributed by atoms with van der Waals surface area (Å²) in [5.41, 5.74) is 0. The summed E-state index contributed by atoms with van der Waals surface area (Å²) in [7, 11) is 0. The Morgan fingerprint density at radius 3 is 2.53 bits per heavy atom. The Balaban J connectivity index is 1.98. The fraction of sp³-hybridized carbons (Fsp3) is 0.500. The number of hydrogen-bond donors (Lipinski definition) is 0. The number of rotatable bonds is 3. The fourth-order valence-corrected chi connectivity index (χ4v) is 3.05. The van der Waals surface area contributed by atoms with Crippen molar-refractivity contribution in [3.05, 3.63) is 28.7 Å². The van der Waals surface area contributed by atoms with Crippen LogP contribution in [0.5, 0.6) is 0 Å². The van der Waals surface area contributed by atoms with Crippen LogP contribution in [0.4, 0.5) is 4.39 Å². The summed E-state index contributed by atoms with van der Waals surface area (Å²) in [5.74, 6) is 0. The van der Waals surface area contributed by atoms with Crippen LogP contribution in [0.2, 0.25) is 0 Å². The molecule has 94 valence electrons. The molecule has 0 spiro atoms. The van der Waals surface area contributed by atoms with E-state index >= 15 is 0 Å². The minimum absolute atomic E-state index is 0.516. The maximum absolute atomic E-state index is 13.5. The SMILES string of the molecule is O=S(OC1CCCCC1F)c1ccc(Br)cc1. The summed E-state index contributed by atoms with van der Waals surface area (Å²) in [6.07, 6.45) is 1.51. The molecule has 0 amide bonds. The molecule has 1 aliphatic rings. The Labute approximate surface area is 111 Å². The molecule has 0 heterocycles. The van der Waals surface area contributed by atoms with E-state index in [0.717, 1.165) is 17.3 Å². The van der Waals surface area contributed by atoms with Gasteiger partial charge in [0.2, 0.25) is 0 Å². The number of alkyl halides is 1. The highest BCUT2D eigenvalue weighted by atomic mass is 79.9. The van der Waals surface area contributed by atoms with Crippen molar-refractivity contribution < 1.29 is 12.8 Å². The van der Waals surface area contributed by atoms with Crippen LogP contribution in [0.15, 0.2) is 33.6 Å². The van der Waals surface area contributed by atoms with Crippen molar-refractivity contribution in [1.29, 1.82) is 0 Å². The predicted molar refractivity (Wildman–Crippen MR) is 68.8 cm³/mol. The second kappa shape index (κ2) is 6.07. The van der Waals surface area contributed by atoms with Crippen LogP contribution in [0, 0.1) is 0 Å². The molecule has 0 aliphatic heterocycles. The van der Waals surface area contributed by atoms with Gasteiger partial charge < -0.3 is 0 Å². The highest BCUT2D eigenvalue weighted by Crippen LogP contribution is 2.26. The Hall–Kier alpha value is -0.260. The molecule has 1 saturated carbocycles. The molecule has 0 bridgehead atoms. The first kappa shape index (κ1) is 13.2. The molecule has 1 aromatic carbocycles. The molecule has 2 nitrogen and oxygen atoms in total. The third-order valence-corrected chi connectivity index (χ3v) is 4.45. The van der Waals surface area contributed by atoms with E-state index in [2.05, 4.69) is 15.9 Å². The number of benzene rings is 1. The molecule has 17 heavy (non-hydrogen) atoms. The first-order valence-corrected chi connectivity index (χ1v) is 7.52. The van der Waals surface area contributed by atoms with Crippen molar-refractivity contribution in [3.63, 3.8) is 0 Å². The Kier molecular flexibility index (Phi) is 4.70. The zero-order valence-corrected chi connectivity index (χ0v) is 11.7. The van der Waals surface area contributed by atoms with Gasteiger partial charge in [0, 0.05) is 4.47 Å². The molecule has 5 heteroatoms. The van der Waals surface area contributed by atoms with Crippen LogP contribution in [-0.2, 0) is 15.3 Å². The van der Waals surface area contributed by atoms with E-state index in [1.54, 1.807) is 24.3 Å². The highest BCUT2D eigenvalue weighted by molar-refractivity contribution is 9.10. The van der Waals surface area contributed by atoms with Crippen LogP contribution < -0.4 is 0 Å². The topological polar surface area (TPSA) is 26.3 Å². The standard InChI is InChI=1S/C12H14BrFO2S/c13-9-5-7-10(8-6-9)17(15)16-12-4-2-1-3-11(12)14/h5-8,11-12H,1-4H2. The van der Waals surface area contributed by atoms with E-state index < -0.39 is 23.4 Å². The van der Waals surface area contributed by atoms with Crippen molar-refractivity contribution in [3.8, 4) is 0 Å². The lowest BCUT2D eigenvalue weighted by Crippen LogP contribution is -2.29. The molecule has 1 aromatic rings. The Morgan fingerprint density at radius 2 is 1.88 bits per heavy atom.